The zero-order valence-electron chi connectivity index (χ0n) is 17.0. The third-order valence-corrected chi connectivity index (χ3v) is 4.65. The minimum Gasteiger partial charge on any atom is -0.350 e. The molecule has 5 heteroatoms. The summed E-state index contributed by atoms with van der Waals surface area (Å²) in [6.07, 6.45) is 0.995. The number of carbonyl (C=O) groups excluding carboxylic acids is 2. The molecule has 2 rings (SSSR count). The highest BCUT2D eigenvalue weighted by Gasteiger charge is 2.28. The molecule has 4 nitrogen and oxygen atoms in total. The van der Waals surface area contributed by atoms with Crippen molar-refractivity contribution in [3.8, 4) is 0 Å². The predicted octanol–water partition coefficient (Wildman–Crippen LogP) is 4.60. The summed E-state index contributed by atoms with van der Waals surface area (Å²) >= 11 is 5.97. The molecule has 2 aromatic rings. The van der Waals surface area contributed by atoms with Gasteiger partial charge in [0.2, 0.25) is 11.8 Å². The Labute approximate surface area is 172 Å². The van der Waals surface area contributed by atoms with Crippen LogP contribution in [0.15, 0.2) is 54.6 Å². The lowest BCUT2D eigenvalue weighted by Gasteiger charge is -2.31. The van der Waals surface area contributed by atoms with Crippen molar-refractivity contribution < 1.29 is 9.59 Å². The number of carbonyl (C=O) groups is 2. The molecule has 0 aliphatic heterocycles. The molecule has 0 heterocycles. The first-order valence-corrected chi connectivity index (χ1v) is 9.93. The first kappa shape index (κ1) is 22.0. The minimum absolute atomic E-state index is 0.0460. The summed E-state index contributed by atoms with van der Waals surface area (Å²) in [5, 5.41) is 3.61. The van der Waals surface area contributed by atoms with Crippen LogP contribution in [-0.4, -0.2) is 28.3 Å². The number of amides is 2. The summed E-state index contributed by atoms with van der Waals surface area (Å²) in [4.78, 5) is 27.4. The molecule has 0 spiro atoms. The minimum atomic E-state index is -0.571. The van der Waals surface area contributed by atoms with Gasteiger partial charge >= 0.3 is 0 Å². The third-order valence-electron chi connectivity index (χ3n) is 4.40. The summed E-state index contributed by atoms with van der Waals surface area (Å²) < 4.78 is 0. The summed E-state index contributed by atoms with van der Waals surface area (Å²) in [7, 11) is 0. The Bertz CT molecular complexity index is 782. The lowest BCUT2D eigenvalue weighted by molar-refractivity contribution is -0.141. The van der Waals surface area contributed by atoms with Gasteiger partial charge in [0.1, 0.15) is 6.04 Å². The summed E-state index contributed by atoms with van der Waals surface area (Å²) in [6.45, 7) is 7.93. The van der Waals surface area contributed by atoms with Crippen LogP contribution in [-0.2, 0) is 22.6 Å². The molecule has 0 saturated carbocycles. The molecule has 0 aliphatic carbocycles. The van der Waals surface area contributed by atoms with Gasteiger partial charge in [-0.15, -0.1) is 0 Å². The lowest BCUT2D eigenvalue weighted by Crippen LogP contribution is -2.52. The van der Waals surface area contributed by atoms with Gasteiger partial charge in [0.05, 0.1) is 0 Å². The Morgan fingerprint density at radius 1 is 1.00 bits per heavy atom. The summed E-state index contributed by atoms with van der Waals surface area (Å²) in [6, 6.07) is 16.7. The SMILES string of the molecule is C[C@@H](C(=O)NC(C)(C)C)N(Cc1ccc(Cl)cc1)C(=O)CCc1ccccc1. The first-order valence-electron chi connectivity index (χ1n) is 9.55. The lowest BCUT2D eigenvalue weighted by atomic mass is 10.1. The maximum absolute atomic E-state index is 13.0. The quantitative estimate of drug-likeness (QED) is 0.738. The zero-order valence-corrected chi connectivity index (χ0v) is 17.8. The Morgan fingerprint density at radius 2 is 1.61 bits per heavy atom. The van der Waals surface area contributed by atoms with Gasteiger partial charge in [-0.2, -0.15) is 0 Å². The number of hydrogen-bond acceptors (Lipinski definition) is 2. The van der Waals surface area contributed by atoms with Crippen LogP contribution in [0.5, 0.6) is 0 Å². The van der Waals surface area contributed by atoms with E-state index in [0.29, 0.717) is 24.4 Å². The van der Waals surface area contributed by atoms with Gasteiger partial charge in [-0.1, -0.05) is 54.1 Å². The molecule has 0 fully saturated rings. The molecular formula is C23H29ClN2O2. The number of hydrogen-bond donors (Lipinski definition) is 1. The highest BCUT2D eigenvalue weighted by atomic mass is 35.5. The molecule has 1 atom stereocenters. The Kier molecular flexibility index (Phi) is 7.64. The number of halogens is 1. The fourth-order valence-electron chi connectivity index (χ4n) is 2.88. The van der Waals surface area contributed by atoms with Crippen molar-refractivity contribution in [2.24, 2.45) is 0 Å². The van der Waals surface area contributed by atoms with E-state index in [-0.39, 0.29) is 17.4 Å². The molecule has 0 saturated heterocycles. The van der Waals surface area contributed by atoms with E-state index in [1.807, 2.05) is 63.2 Å². The van der Waals surface area contributed by atoms with Gasteiger partial charge < -0.3 is 10.2 Å². The first-order chi connectivity index (χ1) is 13.2. The molecule has 2 aromatic carbocycles. The summed E-state index contributed by atoms with van der Waals surface area (Å²) in [5.74, 6) is -0.204. The van der Waals surface area contributed by atoms with Crippen molar-refractivity contribution in [2.45, 2.75) is 58.7 Å². The van der Waals surface area contributed by atoms with E-state index in [4.69, 9.17) is 11.6 Å². The Hall–Kier alpha value is -2.33. The van der Waals surface area contributed by atoms with E-state index in [1.165, 1.54) is 0 Å². The molecule has 1 N–H and O–H groups in total. The second-order valence-electron chi connectivity index (χ2n) is 8.05. The molecule has 0 unspecified atom stereocenters. The van der Waals surface area contributed by atoms with Gasteiger partial charge in [-0.3, -0.25) is 9.59 Å². The fraction of sp³-hybridized carbons (Fsp3) is 0.391. The van der Waals surface area contributed by atoms with Crippen LogP contribution < -0.4 is 5.32 Å². The molecule has 0 radical (unpaired) electrons. The van der Waals surface area contributed by atoms with Gasteiger partial charge in [-0.25, -0.2) is 0 Å². The van der Waals surface area contributed by atoms with Crippen molar-refractivity contribution >= 4 is 23.4 Å². The maximum Gasteiger partial charge on any atom is 0.242 e. The van der Waals surface area contributed by atoms with E-state index >= 15 is 0 Å². The van der Waals surface area contributed by atoms with Crippen LogP contribution in [0.4, 0.5) is 0 Å². The smallest absolute Gasteiger partial charge is 0.242 e. The number of rotatable bonds is 7. The second-order valence-corrected chi connectivity index (χ2v) is 8.49. The van der Waals surface area contributed by atoms with E-state index in [0.717, 1.165) is 11.1 Å². The second kappa shape index (κ2) is 9.74. The largest absolute Gasteiger partial charge is 0.350 e. The normalized spacial score (nSPS) is 12.3. The number of aryl methyl sites for hydroxylation is 1. The van der Waals surface area contributed by atoms with Crippen LogP contribution >= 0.6 is 11.6 Å². The van der Waals surface area contributed by atoms with Crippen molar-refractivity contribution in [2.75, 3.05) is 0 Å². The van der Waals surface area contributed by atoms with Crippen LogP contribution in [0.3, 0.4) is 0 Å². The number of benzene rings is 2. The van der Waals surface area contributed by atoms with E-state index < -0.39 is 6.04 Å². The molecule has 0 aliphatic rings. The number of nitrogens with one attached hydrogen (secondary N) is 1. The molecule has 0 bridgehead atoms. The van der Waals surface area contributed by atoms with Crippen molar-refractivity contribution in [1.82, 2.24) is 10.2 Å². The van der Waals surface area contributed by atoms with Crippen LogP contribution in [0.1, 0.15) is 45.2 Å². The highest BCUT2D eigenvalue weighted by molar-refractivity contribution is 6.30. The Morgan fingerprint density at radius 3 is 2.18 bits per heavy atom. The molecule has 0 aromatic heterocycles. The molecular weight excluding hydrogens is 372 g/mol. The molecule has 150 valence electrons. The monoisotopic (exact) mass is 400 g/mol. The van der Waals surface area contributed by atoms with Crippen LogP contribution in [0.2, 0.25) is 5.02 Å². The van der Waals surface area contributed by atoms with Gasteiger partial charge in [0, 0.05) is 23.5 Å². The van der Waals surface area contributed by atoms with Crippen molar-refractivity contribution in [3.63, 3.8) is 0 Å². The topological polar surface area (TPSA) is 49.4 Å². The van der Waals surface area contributed by atoms with Crippen LogP contribution in [0.25, 0.3) is 0 Å². The Balaban J connectivity index is 2.15. The van der Waals surface area contributed by atoms with Gasteiger partial charge in [0.25, 0.3) is 0 Å². The van der Waals surface area contributed by atoms with Crippen molar-refractivity contribution in [3.05, 3.63) is 70.7 Å². The van der Waals surface area contributed by atoms with Gasteiger partial charge in [-0.05, 0) is 57.4 Å². The maximum atomic E-state index is 13.0. The average molecular weight is 401 g/mol. The summed E-state index contributed by atoms with van der Waals surface area (Å²) in [5.41, 5.74) is 1.69. The predicted molar refractivity (Wildman–Crippen MR) is 114 cm³/mol. The van der Waals surface area contributed by atoms with E-state index in [2.05, 4.69) is 5.32 Å². The molecule has 2 amide bonds. The van der Waals surface area contributed by atoms with E-state index in [1.54, 1.807) is 24.0 Å². The third kappa shape index (κ3) is 7.01. The molecule has 28 heavy (non-hydrogen) atoms. The van der Waals surface area contributed by atoms with Crippen molar-refractivity contribution in [1.29, 1.82) is 0 Å². The van der Waals surface area contributed by atoms with E-state index in [9.17, 15) is 9.59 Å². The van der Waals surface area contributed by atoms with Crippen LogP contribution in [0, 0.1) is 0 Å². The van der Waals surface area contributed by atoms with Gasteiger partial charge in [0.15, 0.2) is 0 Å². The highest BCUT2D eigenvalue weighted by Crippen LogP contribution is 2.16. The fourth-order valence-corrected chi connectivity index (χ4v) is 3.01. The number of nitrogens with zero attached hydrogens (tertiary/aromatic N) is 1. The standard InChI is InChI=1S/C23H29ClN2O2/c1-17(22(28)25-23(2,3)4)26(16-19-10-13-20(24)14-11-19)21(27)15-12-18-8-6-5-7-9-18/h5-11,13-14,17H,12,15-16H2,1-4H3,(H,25,28)/t17-/m0/s1. The zero-order chi connectivity index (χ0) is 20.7. The average Bonchev–Trinajstić information content (AvgIpc) is 2.64.